The van der Waals surface area contributed by atoms with Gasteiger partial charge in [0.05, 0.1) is 0 Å². The molecule has 0 saturated heterocycles. The predicted octanol–water partition coefficient (Wildman–Crippen LogP) is 2.64. The number of nitrogens with zero attached hydrogens (tertiary/aromatic N) is 3. The number of para-hydroxylation sites is 1. The summed E-state index contributed by atoms with van der Waals surface area (Å²) in [6.45, 7) is 2.63. The van der Waals surface area contributed by atoms with Crippen LogP contribution in [-0.2, 0) is 13.0 Å². The maximum Gasteiger partial charge on any atom is 0.236 e. The van der Waals surface area contributed by atoms with Crippen molar-refractivity contribution in [3.63, 3.8) is 0 Å². The van der Waals surface area contributed by atoms with E-state index < -0.39 is 0 Å². The van der Waals surface area contributed by atoms with E-state index in [1.54, 1.807) is 0 Å². The van der Waals surface area contributed by atoms with Gasteiger partial charge in [-0.3, -0.25) is 0 Å². The molecule has 4 nitrogen and oxygen atoms in total. The Morgan fingerprint density at radius 2 is 1.94 bits per heavy atom. The first-order chi connectivity index (χ1) is 8.36. The van der Waals surface area contributed by atoms with Crippen LogP contribution in [0.25, 0.3) is 10.9 Å². The summed E-state index contributed by atoms with van der Waals surface area (Å²) in [4.78, 5) is 0. The summed E-state index contributed by atoms with van der Waals surface area (Å²) in [6, 6.07) is 10.3. The van der Waals surface area contributed by atoms with Crippen LogP contribution in [0.3, 0.4) is 0 Å². The maximum atomic E-state index is 5.51. The van der Waals surface area contributed by atoms with E-state index in [0.717, 1.165) is 6.42 Å². The average molecular weight is 227 g/mol. The minimum Gasteiger partial charge on any atom is -0.423 e. The number of aromatic nitrogens is 3. The molecular formula is C13H13N3O. The summed E-state index contributed by atoms with van der Waals surface area (Å²) >= 11 is 0. The summed E-state index contributed by atoms with van der Waals surface area (Å²) in [7, 11) is 0. The van der Waals surface area contributed by atoms with Crippen molar-refractivity contribution in [2.75, 3.05) is 0 Å². The van der Waals surface area contributed by atoms with Crippen molar-refractivity contribution in [3.05, 3.63) is 48.3 Å². The molecule has 0 fully saturated rings. The highest BCUT2D eigenvalue weighted by Crippen LogP contribution is 2.16. The van der Waals surface area contributed by atoms with Gasteiger partial charge in [-0.2, -0.15) is 0 Å². The van der Waals surface area contributed by atoms with E-state index in [0.29, 0.717) is 18.3 Å². The molecule has 0 radical (unpaired) electrons. The quantitative estimate of drug-likeness (QED) is 0.690. The molecule has 0 spiro atoms. The van der Waals surface area contributed by atoms with Gasteiger partial charge in [0.1, 0.15) is 6.54 Å². The monoisotopic (exact) mass is 227 g/mol. The lowest BCUT2D eigenvalue weighted by molar-refractivity contribution is 0.444. The fourth-order valence-electron chi connectivity index (χ4n) is 1.92. The van der Waals surface area contributed by atoms with Gasteiger partial charge < -0.3 is 8.98 Å². The Morgan fingerprint density at radius 3 is 2.76 bits per heavy atom. The van der Waals surface area contributed by atoms with E-state index in [4.69, 9.17) is 4.42 Å². The molecule has 0 aliphatic rings. The van der Waals surface area contributed by atoms with Crippen molar-refractivity contribution in [2.45, 2.75) is 19.9 Å². The Labute approximate surface area is 98.9 Å². The zero-order valence-corrected chi connectivity index (χ0v) is 9.63. The largest absolute Gasteiger partial charge is 0.423 e. The number of rotatable bonds is 3. The summed E-state index contributed by atoms with van der Waals surface area (Å²) in [5.41, 5.74) is 1.18. The Morgan fingerprint density at radius 1 is 1.12 bits per heavy atom. The molecule has 1 aromatic carbocycles. The summed E-state index contributed by atoms with van der Waals surface area (Å²) in [5, 5.41) is 9.22. The molecule has 0 bridgehead atoms. The van der Waals surface area contributed by atoms with Crippen molar-refractivity contribution in [3.8, 4) is 0 Å². The molecule has 0 N–H and O–H groups in total. The minimum absolute atomic E-state index is 0.626. The normalized spacial score (nSPS) is 11.1. The van der Waals surface area contributed by atoms with Crippen LogP contribution in [0.1, 0.15) is 18.7 Å². The molecule has 0 aliphatic carbocycles. The minimum atomic E-state index is 0.626. The topological polar surface area (TPSA) is 43.9 Å². The van der Waals surface area contributed by atoms with Gasteiger partial charge in [-0.05, 0) is 17.5 Å². The van der Waals surface area contributed by atoms with E-state index in [9.17, 15) is 0 Å². The molecule has 0 atom stereocenters. The molecule has 0 saturated carbocycles. The molecule has 4 heteroatoms. The molecule has 3 aromatic rings. The first-order valence-corrected chi connectivity index (χ1v) is 5.72. The number of aryl methyl sites for hydroxylation is 1. The van der Waals surface area contributed by atoms with Crippen LogP contribution in [0.4, 0.5) is 0 Å². The van der Waals surface area contributed by atoms with Crippen molar-refractivity contribution >= 4 is 10.9 Å². The third-order valence-electron chi connectivity index (χ3n) is 2.80. The number of benzene rings is 1. The predicted molar refractivity (Wildman–Crippen MR) is 64.7 cm³/mol. The van der Waals surface area contributed by atoms with Crippen LogP contribution in [0.15, 0.2) is 40.9 Å². The Hall–Kier alpha value is -2.10. The molecule has 2 aromatic heterocycles. The van der Waals surface area contributed by atoms with Crippen molar-refractivity contribution in [1.82, 2.24) is 14.8 Å². The zero-order chi connectivity index (χ0) is 11.7. The van der Waals surface area contributed by atoms with Gasteiger partial charge in [-0.15, -0.1) is 10.2 Å². The van der Waals surface area contributed by atoms with Gasteiger partial charge in [0.2, 0.25) is 11.8 Å². The summed E-state index contributed by atoms with van der Waals surface area (Å²) in [6.07, 6.45) is 2.82. The third kappa shape index (κ3) is 1.82. The van der Waals surface area contributed by atoms with Crippen LogP contribution < -0.4 is 0 Å². The van der Waals surface area contributed by atoms with E-state index in [1.165, 1.54) is 10.9 Å². The van der Waals surface area contributed by atoms with Crippen LogP contribution >= 0.6 is 0 Å². The summed E-state index contributed by atoms with van der Waals surface area (Å²) < 4.78 is 7.63. The second kappa shape index (κ2) is 4.05. The molecule has 2 heterocycles. The molecule has 17 heavy (non-hydrogen) atoms. The molecule has 3 rings (SSSR count). The van der Waals surface area contributed by atoms with E-state index in [1.807, 2.05) is 25.3 Å². The fourth-order valence-corrected chi connectivity index (χ4v) is 1.92. The SMILES string of the molecule is CCc1nnc(Cn2ccc3ccccc32)o1. The highest BCUT2D eigenvalue weighted by atomic mass is 16.4. The Bertz CT molecular complexity index is 639. The van der Waals surface area contributed by atoms with Gasteiger partial charge in [-0.25, -0.2) is 0 Å². The first-order valence-electron chi connectivity index (χ1n) is 5.72. The van der Waals surface area contributed by atoms with Gasteiger partial charge >= 0.3 is 0 Å². The average Bonchev–Trinajstić information content (AvgIpc) is 2.97. The highest BCUT2D eigenvalue weighted by molar-refractivity contribution is 5.79. The molecule has 86 valence electrons. The van der Waals surface area contributed by atoms with Gasteiger partial charge in [-0.1, -0.05) is 25.1 Å². The molecule has 0 amide bonds. The van der Waals surface area contributed by atoms with Gasteiger partial charge in [0.25, 0.3) is 0 Å². The fraction of sp³-hybridized carbons (Fsp3) is 0.231. The lowest BCUT2D eigenvalue weighted by Gasteiger charge is -2.00. The molecule has 0 unspecified atom stereocenters. The van der Waals surface area contributed by atoms with Gasteiger partial charge in [0, 0.05) is 18.1 Å². The van der Waals surface area contributed by atoms with E-state index >= 15 is 0 Å². The second-order valence-corrected chi connectivity index (χ2v) is 3.95. The van der Waals surface area contributed by atoms with Crippen LogP contribution in [0, 0.1) is 0 Å². The summed E-state index contributed by atoms with van der Waals surface area (Å²) in [5.74, 6) is 1.35. The van der Waals surface area contributed by atoms with Crippen molar-refractivity contribution in [1.29, 1.82) is 0 Å². The van der Waals surface area contributed by atoms with E-state index in [2.05, 4.69) is 33.0 Å². The number of hydrogen-bond donors (Lipinski definition) is 0. The van der Waals surface area contributed by atoms with E-state index in [-0.39, 0.29) is 0 Å². The van der Waals surface area contributed by atoms with Crippen molar-refractivity contribution < 1.29 is 4.42 Å². The maximum absolute atomic E-state index is 5.51. The lowest BCUT2D eigenvalue weighted by Crippen LogP contribution is -1.97. The standard InChI is InChI=1S/C13H13N3O/c1-2-12-14-15-13(17-12)9-16-8-7-10-5-3-4-6-11(10)16/h3-8H,2,9H2,1H3. The smallest absolute Gasteiger partial charge is 0.236 e. The van der Waals surface area contributed by atoms with Crippen LogP contribution in [0.5, 0.6) is 0 Å². The van der Waals surface area contributed by atoms with Crippen molar-refractivity contribution in [2.24, 2.45) is 0 Å². The van der Waals surface area contributed by atoms with Crippen LogP contribution in [-0.4, -0.2) is 14.8 Å². The second-order valence-electron chi connectivity index (χ2n) is 3.95. The van der Waals surface area contributed by atoms with Gasteiger partial charge in [0.15, 0.2) is 0 Å². The lowest BCUT2D eigenvalue weighted by atomic mass is 10.2. The third-order valence-corrected chi connectivity index (χ3v) is 2.80. The number of hydrogen-bond acceptors (Lipinski definition) is 3. The Balaban J connectivity index is 1.94. The first kappa shape index (κ1) is 10.1. The number of fused-ring (bicyclic) bond motifs is 1. The Kier molecular flexibility index (Phi) is 2.40. The van der Waals surface area contributed by atoms with Crippen LogP contribution in [0.2, 0.25) is 0 Å². The molecular weight excluding hydrogens is 214 g/mol. The molecule has 0 aliphatic heterocycles. The zero-order valence-electron chi connectivity index (χ0n) is 9.63. The highest BCUT2D eigenvalue weighted by Gasteiger charge is 2.06.